The zero-order valence-corrected chi connectivity index (χ0v) is 14.4. The monoisotopic (exact) mass is 358 g/mol. The van der Waals surface area contributed by atoms with E-state index in [4.69, 9.17) is 5.73 Å². The minimum absolute atomic E-state index is 0.177. The van der Waals surface area contributed by atoms with Crippen molar-refractivity contribution in [1.29, 1.82) is 0 Å². The van der Waals surface area contributed by atoms with Crippen molar-refractivity contribution in [1.82, 2.24) is 9.97 Å². The van der Waals surface area contributed by atoms with Crippen LogP contribution in [0.5, 0.6) is 0 Å². The van der Waals surface area contributed by atoms with E-state index in [-0.39, 0.29) is 11.7 Å². The highest BCUT2D eigenvalue weighted by Gasteiger charge is 2.14. The molecule has 2 aromatic heterocycles. The molecule has 1 aromatic carbocycles. The quantitative estimate of drug-likeness (QED) is 0.540. The zero-order chi connectivity index (χ0) is 17.1. The van der Waals surface area contributed by atoms with Gasteiger partial charge in [-0.25, -0.2) is 9.97 Å². The zero-order valence-electron chi connectivity index (χ0n) is 12.8. The normalized spacial score (nSPS) is 10.7. The van der Waals surface area contributed by atoms with Gasteiger partial charge in [0.25, 0.3) is 5.91 Å². The average molecular weight is 358 g/mol. The molecule has 0 fully saturated rings. The Balaban J connectivity index is 1.73. The Bertz CT molecular complexity index is 923. The van der Waals surface area contributed by atoms with Crippen molar-refractivity contribution in [3.8, 4) is 0 Å². The van der Waals surface area contributed by atoms with Crippen molar-refractivity contribution in [3.63, 3.8) is 0 Å². The maximum Gasteiger partial charge on any atom is 0.251 e. The van der Waals surface area contributed by atoms with Gasteiger partial charge in [0.1, 0.15) is 15.9 Å². The van der Waals surface area contributed by atoms with E-state index in [9.17, 15) is 9.59 Å². The van der Waals surface area contributed by atoms with Crippen molar-refractivity contribution < 1.29 is 9.59 Å². The first-order chi connectivity index (χ1) is 11.5. The van der Waals surface area contributed by atoms with E-state index in [1.54, 1.807) is 11.4 Å². The Morgan fingerprint density at radius 2 is 2.04 bits per heavy atom. The number of nitrogens with zero attached hydrogens (tertiary/aromatic N) is 2. The number of hydrogen-bond donors (Lipinski definition) is 2. The van der Waals surface area contributed by atoms with E-state index in [1.165, 1.54) is 23.1 Å². The van der Waals surface area contributed by atoms with Crippen LogP contribution in [0.4, 0.5) is 5.00 Å². The molecule has 0 aliphatic carbocycles. The van der Waals surface area contributed by atoms with Crippen LogP contribution in [0.15, 0.2) is 40.7 Å². The second kappa shape index (κ2) is 6.98. The number of primary amides is 1. The molecule has 0 aliphatic heterocycles. The van der Waals surface area contributed by atoms with Gasteiger partial charge in [0.2, 0.25) is 5.91 Å². The lowest BCUT2D eigenvalue weighted by atomic mass is 10.2. The van der Waals surface area contributed by atoms with Crippen LogP contribution in [0.3, 0.4) is 0 Å². The number of thioether (sulfide) groups is 1. The topological polar surface area (TPSA) is 98.0 Å². The maximum atomic E-state index is 12.2. The number of benzene rings is 1. The van der Waals surface area contributed by atoms with Gasteiger partial charge >= 0.3 is 0 Å². The highest BCUT2D eigenvalue weighted by Crippen LogP contribution is 2.26. The molecular formula is C16H14N4O2S2. The van der Waals surface area contributed by atoms with Crippen LogP contribution < -0.4 is 11.1 Å². The Labute approximate surface area is 146 Å². The number of fused-ring (bicyclic) bond motifs is 1. The minimum atomic E-state index is -0.559. The smallest absolute Gasteiger partial charge is 0.251 e. The summed E-state index contributed by atoms with van der Waals surface area (Å²) in [6.45, 7) is 1.82. The van der Waals surface area contributed by atoms with Gasteiger partial charge in [-0.1, -0.05) is 30.0 Å². The lowest BCUT2D eigenvalue weighted by Crippen LogP contribution is -2.17. The number of aromatic nitrogens is 2. The summed E-state index contributed by atoms with van der Waals surface area (Å²) in [6.07, 6.45) is 0. The van der Waals surface area contributed by atoms with E-state index >= 15 is 0 Å². The number of rotatable bonds is 5. The number of anilines is 1. The van der Waals surface area contributed by atoms with Crippen LogP contribution in [0.25, 0.3) is 10.9 Å². The molecule has 24 heavy (non-hydrogen) atoms. The predicted molar refractivity (Wildman–Crippen MR) is 96.5 cm³/mol. The third-order valence-corrected chi connectivity index (χ3v) is 5.02. The van der Waals surface area contributed by atoms with Crippen LogP contribution in [-0.4, -0.2) is 27.5 Å². The summed E-state index contributed by atoms with van der Waals surface area (Å²) in [4.78, 5) is 32.2. The summed E-state index contributed by atoms with van der Waals surface area (Å²) < 4.78 is 0. The first-order valence-electron chi connectivity index (χ1n) is 7.08. The third kappa shape index (κ3) is 3.55. The average Bonchev–Trinajstić information content (AvgIpc) is 3.00. The van der Waals surface area contributed by atoms with Crippen molar-refractivity contribution in [2.24, 2.45) is 5.73 Å². The lowest BCUT2D eigenvalue weighted by molar-refractivity contribution is -0.113. The molecular weight excluding hydrogens is 344 g/mol. The maximum absolute atomic E-state index is 12.2. The van der Waals surface area contributed by atoms with Gasteiger partial charge < -0.3 is 11.1 Å². The number of para-hydroxylation sites is 1. The molecule has 0 atom stereocenters. The van der Waals surface area contributed by atoms with Gasteiger partial charge in [-0.2, -0.15) is 0 Å². The summed E-state index contributed by atoms with van der Waals surface area (Å²) in [5.74, 6) is 0.0594. The molecule has 122 valence electrons. The Morgan fingerprint density at radius 3 is 2.83 bits per heavy atom. The van der Waals surface area contributed by atoms with E-state index in [2.05, 4.69) is 15.3 Å². The molecule has 6 nitrogen and oxygen atoms in total. The van der Waals surface area contributed by atoms with Crippen LogP contribution >= 0.6 is 23.1 Å². The van der Waals surface area contributed by atoms with Crippen molar-refractivity contribution in [2.45, 2.75) is 11.9 Å². The lowest BCUT2D eigenvalue weighted by Gasteiger charge is -2.07. The number of nitrogens with two attached hydrogens (primary N) is 1. The molecule has 2 amide bonds. The summed E-state index contributed by atoms with van der Waals surface area (Å²) in [7, 11) is 0. The van der Waals surface area contributed by atoms with Gasteiger partial charge in [-0.15, -0.1) is 11.3 Å². The molecule has 0 saturated carbocycles. The van der Waals surface area contributed by atoms with Gasteiger partial charge in [0, 0.05) is 5.39 Å². The van der Waals surface area contributed by atoms with E-state index < -0.39 is 5.91 Å². The molecule has 3 N–H and O–H groups in total. The molecule has 3 rings (SSSR count). The van der Waals surface area contributed by atoms with Gasteiger partial charge in [-0.3, -0.25) is 9.59 Å². The van der Waals surface area contributed by atoms with Crippen LogP contribution in [-0.2, 0) is 4.79 Å². The largest absolute Gasteiger partial charge is 0.366 e. The fourth-order valence-corrected chi connectivity index (χ4v) is 3.84. The first kappa shape index (κ1) is 16.4. The summed E-state index contributed by atoms with van der Waals surface area (Å²) in [5, 5.41) is 6.57. The third-order valence-electron chi connectivity index (χ3n) is 3.20. The number of thiophene rings is 1. The second-order valence-electron chi connectivity index (χ2n) is 4.96. The van der Waals surface area contributed by atoms with E-state index in [1.807, 2.05) is 31.2 Å². The number of hydrogen-bond acceptors (Lipinski definition) is 6. The molecule has 2 heterocycles. The van der Waals surface area contributed by atoms with Crippen LogP contribution in [0.1, 0.15) is 16.2 Å². The Hall–Kier alpha value is -2.45. The van der Waals surface area contributed by atoms with Crippen LogP contribution in [0.2, 0.25) is 0 Å². The Morgan fingerprint density at radius 1 is 1.25 bits per heavy atom. The summed E-state index contributed by atoms with van der Waals surface area (Å²) in [5.41, 5.74) is 6.44. The number of carbonyl (C=O) groups is 2. The standard InChI is InChI=1S/C16H14N4O2S2/c1-9-18-12-5-3-2-4-10(12)15(19-9)24-8-13(21)20-16-11(14(17)22)6-7-23-16/h2-7H,8H2,1H3,(H2,17,22)(H,20,21). The van der Waals surface area contributed by atoms with Gasteiger partial charge in [-0.05, 0) is 24.4 Å². The molecule has 0 aliphatic rings. The van der Waals surface area contributed by atoms with Crippen molar-refractivity contribution in [2.75, 3.05) is 11.1 Å². The number of amides is 2. The van der Waals surface area contributed by atoms with Crippen LogP contribution in [0, 0.1) is 6.92 Å². The highest BCUT2D eigenvalue weighted by molar-refractivity contribution is 8.00. The molecule has 8 heteroatoms. The van der Waals surface area contributed by atoms with Crippen molar-refractivity contribution in [3.05, 3.63) is 47.1 Å². The predicted octanol–water partition coefficient (Wildman–Crippen LogP) is 2.83. The molecule has 3 aromatic rings. The first-order valence-corrected chi connectivity index (χ1v) is 8.94. The SMILES string of the molecule is Cc1nc(SCC(=O)Nc2sccc2C(N)=O)c2ccccc2n1. The fraction of sp³-hybridized carbons (Fsp3) is 0.125. The number of aryl methyl sites for hydroxylation is 1. The molecule has 0 spiro atoms. The highest BCUT2D eigenvalue weighted by atomic mass is 32.2. The van der Waals surface area contributed by atoms with Gasteiger partial charge in [0.05, 0.1) is 16.8 Å². The molecule has 0 bridgehead atoms. The number of carbonyl (C=O) groups excluding carboxylic acids is 2. The molecule has 0 radical (unpaired) electrons. The van der Waals surface area contributed by atoms with E-state index in [0.29, 0.717) is 16.4 Å². The summed E-state index contributed by atoms with van der Waals surface area (Å²) in [6, 6.07) is 9.27. The fourth-order valence-electron chi connectivity index (χ4n) is 2.17. The second-order valence-corrected chi connectivity index (χ2v) is 6.84. The van der Waals surface area contributed by atoms with Gasteiger partial charge in [0.15, 0.2) is 0 Å². The Kier molecular flexibility index (Phi) is 4.77. The minimum Gasteiger partial charge on any atom is -0.366 e. The van der Waals surface area contributed by atoms with Crippen molar-refractivity contribution >= 4 is 50.8 Å². The molecule has 0 saturated heterocycles. The summed E-state index contributed by atoms with van der Waals surface area (Å²) >= 11 is 2.60. The van der Waals surface area contributed by atoms with E-state index in [0.717, 1.165) is 15.9 Å². The number of nitrogens with one attached hydrogen (secondary N) is 1. The molecule has 0 unspecified atom stereocenters.